The topological polar surface area (TPSA) is 49.7 Å². The summed E-state index contributed by atoms with van der Waals surface area (Å²) in [6, 6.07) is 18.0. The third kappa shape index (κ3) is 2.41. The lowest BCUT2D eigenvalue weighted by molar-refractivity contribution is -0.488. The van der Waals surface area contributed by atoms with Crippen LogP contribution in [0.3, 0.4) is 0 Å². The molecule has 0 amide bonds. The first kappa shape index (κ1) is 15.5. The fourth-order valence-electron chi connectivity index (χ4n) is 3.42. The van der Waals surface area contributed by atoms with Crippen LogP contribution < -0.4 is 9.30 Å². The molecule has 5 rings (SSSR count). The van der Waals surface area contributed by atoms with Gasteiger partial charge in [-0.15, -0.1) is 4.40 Å². The van der Waals surface area contributed by atoms with Gasteiger partial charge >= 0.3 is 10.7 Å². The van der Waals surface area contributed by atoms with Crippen molar-refractivity contribution in [1.29, 1.82) is 0 Å². The van der Waals surface area contributed by atoms with Crippen LogP contribution in [0.1, 0.15) is 0 Å². The molecule has 3 heterocycles. The van der Waals surface area contributed by atoms with Gasteiger partial charge in [0.1, 0.15) is 5.52 Å². The molecule has 26 heavy (non-hydrogen) atoms. The molecular formula is C20H18N3O2S+. The number of nitrogens with zero attached hydrogens (tertiary/aromatic N) is 3. The van der Waals surface area contributed by atoms with Crippen molar-refractivity contribution in [2.24, 2.45) is 0 Å². The quantitative estimate of drug-likeness (QED) is 0.555. The maximum Gasteiger partial charge on any atom is 0.391 e. The molecule has 1 N–H and O–H groups in total. The predicted octanol–water partition coefficient (Wildman–Crippen LogP) is 3.24. The number of hydrogen-bond donors (Lipinski definition) is 1. The van der Waals surface area contributed by atoms with Crippen molar-refractivity contribution < 1.29 is 14.2 Å². The number of aromatic hydroxyl groups is 1. The molecule has 0 unspecified atom stereocenters. The van der Waals surface area contributed by atoms with Gasteiger partial charge in [0.15, 0.2) is 4.88 Å². The fourth-order valence-corrected chi connectivity index (χ4v) is 4.60. The second-order valence-electron chi connectivity index (χ2n) is 6.28. The summed E-state index contributed by atoms with van der Waals surface area (Å²) in [5.41, 5.74) is 2.80. The third-order valence-corrected chi connectivity index (χ3v) is 5.88. The second-order valence-corrected chi connectivity index (χ2v) is 7.28. The van der Waals surface area contributed by atoms with E-state index in [9.17, 15) is 5.11 Å². The smallest absolute Gasteiger partial charge is 0.391 e. The number of aromatic nitrogens is 2. The minimum Gasteiger partial charge on any atom is -0.458 e. The van der Waals surface area contributed by atoms with Gasteiger partial charge < -0.3 is 14.7 Å². The maximum absolute atomic E-state index is 11.1. The second kappa shape index (κ2) is 6.23. The standard InChI is InChI=1S/C20H17N3O2S/c24-19-17(14-6-2-1-3-7-14)26-20-18(22-10-12-25-13-11-22)21-15-8-4-5-9-16(15)23(19)20/h1-9H,10-13H2/p+1. The molecular weight excluding hydrogens is 346 g/mol. The van der Waals surface area contributed by atoms with Crippen LogP contribution in [0.25, 0.3) is 26.3 Å². The van der Waals surface area contributed by atoms with Gasteiger partial charge in [0.05, 0.1) is 13.2 Å². The van der Waals surface area contributed by atoms with E-state index in [0.717, 1.165) is 45.2 Å². The summed E-state index contributed by atoms with van der Waals surface area (Å²) >= 11 is 1.58. The molecule has 2 aromatic heterocycles. The number of thiazole rings is 1. The molecule has 1 aliphatic heterocycles. The van der Waals surface area contributed by atoms with E-state index in [1.54, 1.807) is 11.3 Å². The summed E-state index contributed by atoms with van der Waals surface area (Å²) < 4.78 is 7.43. The van der Waals surface area contributed by atoms with Gasteiger partial charge in [0, 0.05) is 24.7 Å². The van der Waals surface area contributed by atoms with Crippen molar-refractivity contribution in [3.63, 3.8) is 0 Å². The van der Waals surface area contributed by atoms with Gasteiger partial charge in [-0.25, -0.2) is 4.98 Å². The van der Waals surface area contributed by atoms with Crippen molar-refractivity contribution in [1.82, 2.24) is 4.98 Å². The Morgan fingerprint density at radius 2 is 1.73 bits per heavy atom. The molecule has 4 aromatic rings. The van der Waals surface area contributed by atoms with Crippen LogP contribution in [0, 0.1) is 0 Å². The van der Waals surface area contributed by atoms with Crippen LogP contribution in [0.2, 0.25) is 0 Å². The first-order valence-electron chi connectivity index (χ1n) is 8.67. The number of fused-ring (bicyclic) bond motifs is 3. The van der Waals surface area contributed by atoms with E-state index in [0.29, 0.717) is 13.2 Å². The molecule has 0 aliphatic carbocycles. The zero-order valence-electron chi connectivity index (χ0n) is 14.1. The zero-order chi connectivity index (χ0) is 17.5. The van der Waals surface area contributed by atoms with E-state index in [1.807, 2.05) is 59.0 Å². The maximum atomic E-state index is 11.1. The summed E-state index contributed by atoms with van der Waals surface area (Å²) in [7, 11) is 0. The summed E-state index contributed by atoms with van der Waals surface area (Å²) in [6.45, 7) is 3.01. The van der Waals surface area contributed by atoms with E-state index < -0.39 is 0 Å². The van der Waals surface area contributed by atoms with Crippen molar-refractivity contribution in [2.75, 3.05) is 31.2 Å². The number of benzene rings is 2. The SMILES string of the molecule is Oc1c(-c2ccccc2)sc2c(N3CCOCC3)nc3ccccc3[n+]12. The van der Waals surface area contributed by atoms with Crippen LogP contribution >= 0.6 is 11.3 Å². The van der Waals surface area contributed by atoms with Crippen molar-refractivity contribution in [2.45, 2.75) is 0 Å². The van der Waals surface area contributed by atoms with Crippen LogP contribution in [0.4, 0.5) is 5.82 Å². The minimum atomic E-state index is 0.268. The summed E-state index contributed by atoms with van der Waals surface area (Å²) in [6.07, 6.45) is 0. The molecule has 2 aromatic carbocycles. The van der Waals surface area contributed by atoms with Gasteiger partial charge in [-0.2, -0.15) is 0 Å². The average Bonchev–Trinajstić information content (AvgIpc) is 3.06. The zero-order valence-corrected chi connectivity index (χ0v) is 14.9. The van der Waals surface area contributed by atoms with E-state index in [1.165, 1.54) is 0 Å². The number of morpholine rings is 1. The molecule has 0 bridgehead atoms. The van der Waals surface area contributed by atoms with Gasteiger partial charge in [-0.3, -0.25) is 0 Å². The van der Waals surface area contributed by atoms with Crippen LogP contribution in [0.5, 0.6) is 5.88 Å². The summed E-state index contributed by atoms with van der Waals surface area (Å²) in [5, 5.41) is 11.1. The van der Waals surface area contributed by atoms with Crippen molar-refractivity contribution in [3.8, 4) is 16.3 Å². The highest BCUT2D eigenvalue weighted by atomic mass is 32.1. The van der Waals surface area contributed by atoms with Gasteiger partial charge in [-0.05, 0) is 6.07 Å². The highest BCUT2D eigenvalue weighted by Crippen LogP contribution is 2.38. The number of para-hydroxylation sites is 2. The monoisotopic (exact) mass is 364 g/mol. The molecule has 0 spiro atoms. The number of hydrogen-bond acceptors (Lipinski definition) is 5. The lowest BCUT2D eigenvalue weighted by atomic mass is 10.2. The lowest BCUT2D eigenvalue weighted by Gasteiger charge is -2.26. The highest BCUT2D eigenvalue weighted by Gasteiger charge is 2.30. The highest BCUT2D eigenvalue weighted by molar-refractivity contribution is 7.21. The normalized spacial score (nSPS) is 15.0. The van der Waals surface area contributed by atoms with Gasteiger partial charge in [-0.1, -0.05) is 53.8 Å². The molecule has 5 nitrogen and oxygen atoms in total. The van der Waals surface area contributed by atoms with Crippen molar-refractivity contribution in [3.05, 3.63) is 54.6 Å². The first-order chi connectivity index (χ1) is 12.8. The van der Waals surface area contributed by atoms with Crippen LogP contribution in [-0.2, 0) is 4.74 Å². The number of rotatable bonds is 2. The van der Waals surface area contributed by atoms with Gasteiger partial charge in [0.25, 0.3) is 0 Å². The molecule has 0 saturated carbocycles. The molecule has 0 radical (unpaired) electrons. The van der Waals surface area contributed by atoms with E-state index in [4.69, 9.17) is 9.72 Å². The molecule has 1 aliphatic rings. The van der Waals surface area contributed by atoms with E-state index in [-0.39, 0.29) is 5.88 Å². The first-order valence-corrected chi connectivity index (χ1v) is 9.49. The Hall–Kier alpha value is -2.70. The predicted molar refractivity (Wildman–Crippen MR) is 103 cm³/mol. The Bertz CT molecular complexity index is 1090. The lowest BCUT2D eigenvalue weighted by Crippen LogP contribution is -2.38. The fraction of sp³-hybridized carbons (Fsp3) is 0.200. The molecule has 6 heteroatoms. The van der Waals surface area contributed by atoms with Crippen LogP contribution in [-0.4, -0.2) is 36.4 Å². The third-order valence-electron chi connectivity index (χ3n) is 4.70. The number of ether oxygens (including phenoxy) is 1. The molecule has 0 atom stereocenters. The van der Waals surface area contributed by atoms with E-state index >= 15 is 0 Å². The largest absolute Gasteiger partial charge is 0.458 e. The minimum absolute atomic E-state index is 0.268. The summed E-state index contributed by atoms with van der Waals surface area (Å²) in [4.78, 5) is 8.99. The molecule has 130 valence electrons. The van der Waals surface area contributed by atoms with Crippen molar-refractivity contribution >= 4 is 33.0 Å². The Morgan fingerprint density at radius 3 is 2.54 bits per heavy atom. The Morgan fingerprint density at radius 1 is 1.00 bits per heavy atom. The molecule has 1 fully saturated rings. The Kier molecular flexibility index (Phi) is 3.72. The summed E-state index contributed by atoms with van der Waals surface area (Å²) in [5.74, 6) is 1.18. The Labute approximate surface area is 154 Å². The average molecular weight is 364 g/mol. The van der Waals surface area contributed by atoms with Gasteiger partial charge in [0.2, 0.25) is 11.3 Å². The number of anilines is 1. The van der Waals surface area contributed by atoms with E-state index in [2.05, 4.69) is 4.90 Å². The van der Waals surface area contributed by atoms with Crippen LogP contribution in [0.15, 0.2) is 54.6 Å². The Balaban J connectivity index is 1.83. The molecule has 1 saturated heterocycles.